The number of nitrogens with zero attached hydrogens (tertiary/aromatic N) is 2. The molecule has 0 spiro atoms. The van der Waals surface area contributed by atoms with Crippen LogP contribution in [0.4, 0.5) is 0 Å². The summed E-state index contributed by atoms with van der Waals surface area (Å²) in [4.78, 5) is 14.5. The Morgan fingerprint density at radius 1 is 1.20 bits per heavy atom. The van der Waals surface area contributed by atoms with E-state index in [-0.39, 0.29) is 5.91 Å². The van der Waals surface area contributed by atoms with E-state index in [1.807, 2.05) is 43.9 Å². The van der Waals surface area contributed by atoms with Crippen molar-refractivity contribution < 1.29 is 18.8 Å². The molecule has 0 aliphatic carbocycles. The Morgan fingerprint density at radius 2 is 1.96 bits per heavy atom. The van der Waals surface area contributed by atoms with Gasteiger partial charge in [0, 0.05) is 25.1 Å². The minimum Gasteiger partial charge on any atom is -0.486 e. The molecule has 2 aromatic rings. The second-order valence-corrected chi connectivity index (χ2v) is 6.19. The van der Waals surface area contributed by atoms with E-state index in [9.17, 15) is 4.79 Å². The molecule has 1 aromatic heterocycles. The molecule has 0 N–H and O–H groups in total. The van der Waals surface area contributed by atoms with Crippen LogP contribution in [0.1, 0.15) is 35.9 Å². The highest BCUT2D eigenvalue weighted by atomic mass is 16.6. The Bertz CT molecular complexity index is 734. The van der Waals surface area contributed by atoms with Crippen molar-refractivity contribution >= 4 is 5.91 Å². The van der Waals surface area contributed by atoms with E-state index in [1.54, 1.807) is 0 Å². The zero-order chi connectivity index (χ0) is 17.8. The highest BCUT2D eigenvalue weighted by Gasteiger charge is 2.17. The van der Waals surface area contributed by atoms with Crippen LogP contribution in [0.3, 0.4) is 0 Å². The van der Waals surface area contributed by atoms with Crippen LogP contribution in [0.2, 0.25) is 0 Å². The predicted octanol–water partition coefficient (Wildman–Crippen LogP) is 3.04. The van der Waals surface area contributed by atoms with Crippen LogP contribution in [0.25, 0.3) is 0 Å². The molecule has 0 saturated carbocycles. The van der Waals surface area contributed by atoms with Gasteiger partial charge in [-0.15, -0.1) is 0 Å². The molecule has 134 valence electrons. The molecule has 6 heteroatoms. The lowest BCUT2D eigenvalue weighted by molar-refractivity contribution is -0.131. The molecule has 0 fully saturated rings. The zero-order valence-corrected chi connectivity index (χ0v) is 15.0. The molecule has 6 nitrogen and oxygen atoms in total. The second-order valence-electron chi connectivity index (χ2n) is 6.19. The Labute approximate surface area is 147 Å². The number of aromatic nitrogens is 1. The van der Waals surface area contributed by atoms with E-state index >= 15 is 0 Å². The molecular formula is C19H24N2O4. The van der Waals surface area contributed by atoms with Gasteiger partial charge in [0.25, 0.3) is 0 Å². The van der Waals surface area contributed by atoms with Gasteiger partial charge in [-0.1, -0.05) is 11.2 Å². The SMILES string of the molecule is CCN(Cc1ccc2c(c1)OCCO2)C(=O)CCc1c(C)noc1C. The molecule has 1 amide bonds. The van der Waals surface area contributed by atoms with Gasteiger partial charge in [-0.05, 0) is 44.9 Å². The number of aryl methyl sites for hydroxylation is 2. The number of carbonyl (C=O) groups is 1. The van der Waals surface area contributed by atoms with Crippen LogP contribution in [0.15, 0.2) is 22.7 Å². The van der Waals surface area contributed by atoms with Gasteiger partial charge in [-0.3, -0.25) is 4.79 Å². The summed E-state index contributed by atoms with van der Waals surface area (Å²) in [7, 11) is 0. The number of carbonyl (C=O) groups excluding carboxylic acids is 1. The van der Waals surface area contributed by atoms with Gasteiger partial charge in [0.2, 0.25) is 5.91 Å². The highest BCUT2D eigenvalue weighted by molar-refractivity contribution is 5.76. The van der Waals surface area contributed by atoms with Crippen molar-refractivity contribution in [3.05, 3.63) is 40.8 Å². The van der Waals surface area contributed by atoms with Gasteiger partial charge in [0.15, 0.2) is 11.5 Å². The maximum Gasteiger partial charge on any atom is 0.223 e. The molecule has 2 heterocycles. The lowest BCUT2D eigenvalue weighted by atomic mass is 10.1. The Balaban J connectivity index is 1.62. The van der Waals surface area contributed by atoms with Crippen LogP contribution in [-0.2, 0) is 17.8 Å². The first-order chi connectivity index (χ1) is 12.1. The number of hydrogen-bond donors (Lipinski definition) is 0. The Hall–Kier alpha value is -2.50. The van der Waals surface area contributed by atoms with Crippen molar-refractivity contribution in [1.82, 2.24) is 10.1 Å². The summed E-state index contributed by atoms with van der Waals surface area (Å²) in [6.07, 6.45) is 1.10. The molecule has 3 rings (SSSR count). The largest absolute Gasteiger partial charge is 0.486 e. The summed E-state index contributed by atoms with van der Waals surface area (Å²) in [6.45, 7) is 8.14. The van der Waals surface area contributed by atoms with Gasteiger partial charge in [-0.25, -0.2) is 0 Å². The van der Waals surface area contributed by atoms with Crippen molar-refractivity contribution in [3.63, 3.8) is 0 Å². The van der Waals surface area contributed by atoms with Crippen molar-refractivity contribution in [1.29, 1.82) is 0 Å². The standard InChI is InChI=1S/C19H24N2O4/c1-4-21(19(22)8-6-16-13(2)20-25-14(16)3)12-15-5-7-17-18(11-15)24-10-9-23-17/h5,7,11H,4,6,8-10,12H2,1-3H3. The molecule has 0 atom stereocenters. The van der Waals surface area contributed by atoms with Crippen LogP contribution >= 0.6 is 0 Å². The topological polar surface area (TPSA) is 64.8 Å². The lowest BCUT2D eigenvalue weighted by Crippen LogP contribution is -2.30. The summed E-state index contributed by atoms with van der Waals surface area (Å²) in [5.41, 5.74) is 2.93. The van der Waals surface area contributed by atoms with Gasteiger partial charge >= 0.3 is 0 Å². The van der Waals surface area contributed by atoms with Crippen LogP contribution < -0.4 is 9.47 Å². The summed E-state index contributed by atoms with van der Waals surface area (Å²) in [6, 6.07) is 5.85. The van der Waals surface area contributed by atoms with Gasteiger partial charge in [0.1, 0.15) is 19.0 Å². The molecule has 0 unspecified atom stereocenters. The first-order valence-corrected chi connectivity index (χ1v) is 8.66. The normalized spacial score (nSPS) is 12.9. The number of fused-ring (bicyclic) bond motifs is 1. The van der Waals surface area contributed by atoms with E-state index < -0.39 is 0 Å². The van der Waals surface area contributed by atoms with Gasteiger partial charge < -0.3 is 18.9 Å². The molecular weight excluding hydrogens is 320 g/mol. The van der Waals surface area contributed by atoms with Crippen LogP contribution in [-0.4, -0.2) is 35.7 Å². The van der Waals surface area contributed by atoms with E-state index in [0.29, 0.717) is 39.1 Å². The minimum absolute atomic E-state index is 0.123. The molecule has 25 heavy (non-hydrogen) atoms. The fourth-order valence-electron chi connectivity index (χ4n) is 3.03. The third-order valence-corrected chi connectivity index (χ3v) is 4.48. The fourth-order valence-corrected chi connectivity index (χ4v) is 3.03. The monoisotopic (exact) mass is 344 g/mol. The van der Waals surface area contributed by atoms with Crippen molar-refractivity contribution in [2.75, 3.05) is 19.8 Å². The van der Waals surface area contributed by atoms with Gasteiger partial charge in [0.05, 0.1) is 5.69 Å². The average Bonchev–Trinajstić information content (AvgIpc) is 2.95. The molecule has 0 saturated heterocycles. The van der Waals surface area contributed by atoms with Crippen molar-refractivity contribution in [3.8, 4) is 11.5 Å². The molecule has 1 aliphatic rings. The second kappa shape index (κ2) is 7.59. The summed E-state index contributed by atoms with van der Waals surface area (Å²) < 4.78 is 16.3. The van der Waals surface area contributed by atoms with Crippen LogP contribution in [0.5, 0.6) is 11.5 Å². The number of amides is 1. The maximum absolute atomic E-state index is 12.6. The van der Waals surface area contributed by atoms with E-state index in [2.05, 4.69) is 5.16 Å². The minimum atomic E-state index is 0.123. The number of benzene rings is 1. The Morgan fingerprint density at radius 3 is 2.64 bits per heavy atom. The number of hydrogen-bond acceptors (Lipinski definition) is 5. The molecule has 0 radical (unpaired) electrons. The Kier molecular flexibility index (Phi) is 5.26. The maximum atomic E-state index is 12.6. The third-order valence-electron chi connectivity index (χ3n) is 4.48. The third kappa shape index (κ3) is 3.95. The first kappa shape index (κ1) is 17.3. The first-order valence-electron chi connectivity index (χ1n) is 8.66. The number of rotatable bonds is 6. The van der Waals surface area contributed by atoms with E-state index in [4.69, 9.17) is 14.0 Å². The quantitative estimate of drug-likeness (QED) is 0.806. The fraction of sp³-hybridized carbons (Fsp3) is 0.474. The molecule has 1 aromatic carbocycles. The van der Waals surface area contributed by atoms with Crippen molar-refractivity contribution in [2.24, 2.45) is 0 Å². The predicted molar refractivity (Wildman–Crippen MR) is 92.8 cm³/mol. The summed E-state index contributed by atoms with van der Waals surface area (Å²) >= 11 is 0. The number of ether oxygens (including phenoxy) is 2. The zero-order valence-electron chi connectivity index (χ0n) is 15.0. The summed E-state index contributed by atoms with van der Waals surface area (Å²) in [5, 5.41) is 3.94. The van der Waals surface area contributed by atoms with E-state index in [1.165, 1.54) is 0 Å². The average molecular weight is 344 g/mol. The van der Waals surface area contributed by atoms with Crippen molar-refractivity contribution in [2.45, 2.75) is 40.2 Å². The summed E-state index contributed by atoms with van der Waals surface area (Å²) in [5.74, 6) is 2.43. The lowest BCUT2D eigenvalue weighted by Gasteiger charge is -2.23. The molecule has 0 bridgehead atoms. The van der Waals surface area contributed by atoms with E-state index in [0.717, 1.165) is 34.1 Å². The highest BCUT2D eigenvalue weighted by Crippen LogP contribution is 2.31. The van der Waals surface area contributed by atoms with Gasteiger partial charge in [-0.2, -0.15) is 0 Å². The smallest absolute Gasteiger partial charge is 0.223 e. The van der Waals surface area contributed by atoms with Crippen LogP contribution in [0, 0.1) is 13.8 Å². The molecule has 1 aliphatic heterocycles.